The summed E-state index contributed by atoms with van der Waals surface area (Å²) in [4.78, 5) is 54.0. The SMILES string of the molecule is CC(C)C[C@H](NC(=O)Cc1ccc(NC(=O)c2c[nH]c3ccccc23)cc1)C(=O)NC[C@@H](C(=O)O)c1ccc2c(c1)OCO2. The van der Waals surface area contributed by atoms with Crippen LogP contribution in [-0.4, -0.2) is 53.2 Å². The van der Waals surface area contributed by atoms with Gasteiger partial charge in [0, 0.05) is 29.3 Å². The minimum Gasteiger partial charge on any atom is -0.481 e. The van der Waals surface area contributed by atoms with Crippen LogP contribution < -0.4 is 25.4 Å². The number of carbonyl (C=O) groups excluding carboxylic acids is 3. The summed E-state index contributed by atoms with van der Waals surface area (Å²) in [6.45, 7) is 3.77. The molecular formula is C33H34N4O7. The molecule has 0 saturated carbocycles. The van der Waals surface area contributed by atoms with Gasteiger partial charge in [-0.2, -0.15) is 0 Å². The Kier molecular flexibility index (Phi) is 9.13. The maximum Gasteiger partial charge on any atom is 0.312 e. The smallest absolute Gasteiger partial charge is 0.312 e. The highest BCUT2D eigenvalue weighted by molar-refractivity contribution is 6.12. The minimum atomic E-state index is -1.10. The average Bonchev–Trinajstić information content (AvgIpc) is 3.64. The third-order valence-corrected chi connectivity index (χ3v) is 7.35. The van der Waals surface area contributed by atoms with Gasteiger partial charge in [-0.15, -0.1) is 0 Å². The maximum absolute atomic E-state index is 13.1. The fourth-order valence-corrected chi connectivity index (χ4v) is 5.10. The van der Waals surface area contributed by atoms with Gasteiger partial charge >= 0.3 is 5.97 Å². The van der Waals surface area contributed by atoms with E-state index in [0.717, 1.165) is 10.9 Å². The lowest BCUT2D eigenvalue weighted by atomic mass is 9.98. The molecule has 0 aliphatic carbocycles. The van der Waals surface area contributed by atoms with Gasteiger partial charge in [0.15, 0.2) is 11.5 Å². The first-order chi connectivity index (χ1) is 21.2. The molecule has 5 rings (SSSR count). The number of anilines is 1. The van der Waals surface area contributed by atoms with E-state index in [1.165, 1.54) is 0 Å². The van der Waals surface area contributed by atoms with Crippen molar-refractivity contribution < 1.29 is 33.8 Å². The van der Waals surface area contributed by atoms with Crippen molar-refractivity contribution in [3.8, 4) is 11.5 Å². The van der Waals surface area contributed by atoms with E-state index in [9.17, 15) is 24.3 Å². The fourth-order valence-electron chi connectivity index (χ4n) is 5.10. The Balaban J connectivity index is 1.17. The molecule has 11 heteroatoms. The van der Waals surface area contributed by atoms with Crippen LogP contribution in [0.2, 0.25) is 0 Å². The van der Waals surface area contributed by atoms with Crippen LogP contribution in [0.4, 0.5) is 5.69 Å². The molecular weight excluding hydrogens is 564 g/mol. The van der Waals surface area contributed by atoms with E-state index in [1.54, 1.807) is 48.7 Å². The summed E-state index contributed by atoms with van der Waals surface area (Å²) < 4.78 is 10.6. The second-order valence-corrected chi connectivity index (χ2v) is 11.1. The highest BCUT2D eigenvalue weighted by Crippen LogP contribution is 2.34. The summed E-state index contributed by atoms with van der Waals surface area (Å²) in [6, 6.07) is 18.5. The number of ether oxygens (including phenoxy) is 2. The Hall–Kier alpha value is -5.32. The molecule has 2 atom stereocenters. The van der Waals surface area contributed by atoms with Gasteiger partial charge < -0.3 is 35.5 Å². The first-order valence-electron chi connectivity index (χ1n) is 14.3. The molecule has 44 heavy (non-hydrogen) atoms. The molecule has 0 fully saturated rings. The van der Waals surface area contributed by atoms with Crippen molar-refractivity contribution in [1.82, 2.24) is 15.6 Å². The zero-order valence-corrected chi connectivity index (χ0v) is 24.4. The fraction of sp³-hybridized carbons (Fsp3) is 0.273. The predicted molar refractivity (Wildman–Crippen MR) is 164 cm³/mol. The summed E-state index contributed by atoms with van der Waals surface area (Å²) in [5.74, 6) is -2.11. The lowest BCUT2D eigenvalue weighted by Gasteiger charge is -2.22. The molecule has 3 amide bonds. The van der Waals surface area contributed by atoms with Crippen LogP contribution in [0, 0.1) is 5.92 Å². The number of para-hydroxylation sites is 1. The van der Waals surface area contributed by atoms with E-state index in [-0.39, 0.29) is 37.5 Å². The highest BCUT2D eigenvalue weighted by atomic mass is 16.7. The first-order valence-corrected chi connectivity index (χ1v) is 14.3. The molecule has 11 nitrogen and oxygen atoms in total. The number of rotatable bonds is 12. The van der Waals surface area contributed by atoms with Crippen LogP contribution in [0.25, 0.3) is 10.9 Å². The van der Waals surface area contributed by atoms with Crippen molar-refractivity contribution in [3.05, 3.63) is 89.6 Å². The summed E-state index contributed by atoms with van der Waals surface area (Å²) in [5, 5.41) is 19.0. The van der Waals surface area contributed by atoms with Gasteiger partial charge in [0.05, 0.1) is 17.9 Å². The van der Waals surface area contributed by atoms with Crippen LogP contribution in [0.1, 0.15) is 47.7 Å². The molecule has 0 saturated heterocycles. The molecule has 228 valence electrons. The van der Waals surface area contributed by atoms with Gasteiger partial charge in [-0.05, 0) is 53.8 Å². The molecule has 1 aliphatic rings. The monoisotopic (exact) mass is 598 g/mol. The Morgan fingerprint density at radius 3 is 2.45 bits per heavy atom. The first kappa shape index (κ1) is 30.1. The van der Waals surface area contributed by atoms with Crippen LogP contribution in [0.3, 0.4) is 0 Å². The Morgan fingerprint density at radius 1 is 0.955 bits per heavy atom. The van der Waals surface area contributed by atoms with E-state index >= 15 is 0 Å². The highest BCUT2D eigenvalue weighted by Gasteiger charge is 2.27. The second kappa shape index (κ2) is 13.3. The molecule has 1 aliphatic heterocycles. The van der Waals surface area contributed by atoms with E-state index in [0.29, 0.717) is 40.3 Å². The van der Waals surface area contributed by atoms with Gasteiger partial charge in [-0.1, -0.05) is 50.2 Å². The van der Waals surface area contributed by atoms with Gasteiger partial charge in [-0.3, -0.25) is 19.2 Å². The minimum absolute atomic E-state index is 0.0213. The molecule has 2 heterocycles. The lowest BCUT2D eigenvalue weighted by molar-refractivity contribution is -0.139. The largest absolute Gasteiger partial charge is 0.481 e. The van der Waals surface area contributed by atoms with Gasteiger partial charge in [0.1, 0.15) is 6.04 Å². The number of carbonyl (C=O) groups is 4. The van der Waals surface area contributed by atoms with Gasteiger partial charge in [0.2, 0.25) is 18.6 Å². The zero-order valence-electron chi connectivity index (χ0n) is 24.4. The molecule has 1 aromatic heterocycles. The number of benzene rings is 3. The molecule has 3 aromatic carbocycles. The quantitative estimate of drug-likeness (QED) is 0.163. The summed E-state index contributed by atoms with van der Waals surface area (Å²) in [6.07, 6.45) is 2.06. The standard InChI is InChI=1S/C33H34N4O7/c1-19(2)13-27(32(40)35-16-24(33(41)42)21-9-12-28-29(15-21)44-18-43-28)37-30(38)14-20-7-10-22(11-8-20)36-31(39)25-17-34-26-6-4-3-5-23(25)26/h3-12,15,17,19,24,27,34H,13-14,16,18H2,1-2H3,(H,35,40)(H,36,39)(H,37,38)(H,41,42)/t24-,27+/m1/s1. The van der Waals surface area contributed by atoms with E-state index in [1.807, 2.05) is 38.1 Å². The number of aromatic amines is 1. The number of amides is 3. The van der Waals surface area contributed by atoms with Crippen LogP contribution in [-0.2, 0) is 20.8 Å². The Labute approximate surface area is 253 Å². The molecule has 0 spiro atoms. The summed E-state index contributed by atoms with van der Waals surface area (Å²) in [7, 11) is 0. The maximum atomic E-state index is 13.1. The van der Waals surface area contributed by atoms with Crippen LogP contribution in [0.15, 0.2) is 72.9 Å². The molecule has 5 N–H and O–H groups in total. The number of hydrogen-bond acceptors (Lipinski definition) is 6. The Bertz CT molecular complexity index is 1680. The Morgan fingerprint density at radius 2 is 1.70 bits per heavy atom. The molecule has 0 unspecified atom stereocenters. The number of aromatic nitrogens is 1. The molecule has 4 aromatic rings. The second-order valence-electron chi connectivity index (χ2n) is 11.1. The number of fused-ring (bicyclic) bond motifs is 2. The van der Waals surface area contributed by atoms with Crippen LogP contribution >= 0.6 is 0 Å². The number of carboxylic acids is 1. The lowest BCUT2D eigenvalue weighted by Crippen LogP contribution is -2.49. The van der Waals surface area contributed by atoms with Crippen molar-refractivity contribution in [2.24, 2.45) is 5.92 Å². The topological polar surface area (TPSA) is 159 Å². The number of carboxylic acid groups (broad SMARTS) is 1. The van der Waals surface area contributed by atoms with Gasteiger partial charge in [0.25, 0.3) is 5.91 Å². The molecule has 0 bridgehead atoms. The zero-order chi connectivity index (χ0) is 31.2. The molecule has 0 radical (unpaired) electrons. The number of hydrogen-bond donors (Lipinski definition) is 5. The third-order valence-electron chi connectivity index (χ3n) is 7.35. The summed E-state index contributed by atoms with van der Waals surface area (Å²) in [5.41, 5.74) is 3.15. The third kappa shape index (κ3) is 7.17. The van der Waals surface area contributed by atoms with Crippen molar-refractivity contribution in [2.45, 2.75) is 38.6 Å². The predicted octanol–water partition coefficient (Wildman–Crippen LogP) is 4.21. The number of aliphatic carboxylic acids is 1. The van der Waals surface area contributed by atoms with Crippen molar-refractivity contribution >= 4 is 40.3 Å². The van der Waals surface area contributed by atoms with E-state index < -0.39 is 23.8 Å². The number of H-pyrrole nitrogens is 1. The summed E-state index contributed by atoms with van der Waals surface area (Å²) >= 11 is 0. The van der Waals surface area contributed by atoms with Crippen molar-refractivity contribution in [2.75, 3.05) is 18.7 Å². The van der Waals surface area contributed by atoms with Crippen molar-refractivity contribution in [1.29, 1.82) is 0 Å². The number of nitrogens with one attached hydrogen (secondary N) is 4. The van der Waals surface area contributed by atoms with Crippen molar-refractivity contribution in [3.63, 3.8) is 0 Å². The van der Waals surface area contributed by atoms with Crippen LogP contribution in [0.5, 0.6) is 11.5 Å². The van der Waals surface area contributed by atoms with Gasteiger partial charge in [-0.25, -0.2) is 0 Å². The normalized spacial score (nSPS) is 13.3. The van der Waals surface area contributed by atoms with E-state index in [4.69, 9.17) is 9.47 Å². The van der Waals surface area contributed by atoms with E-state index in [2.05, 4.69) is 20.9 Å². The average molecular weight is 599 g/mol.